The van der Waals surface area contributed by atoms with Crippen molar-refractivity contribution in [3.05, 3.63) is 0 Å². The summed E-state index contributed by atoms with van der Waals surface area (Å²) >= 11 is 0. The highest BCUT2D eigenvalue weighted by Crippen LogP contribution is 2.36. The van der Waals surface area contributed by atoms with Crippen LogP contribution in [0.25, 0.3) is 0 Å². The molecule has 5 N–H and O–H groups in total. The predicted molar refractivity (Wildman–Crippen MR) is 102 cm³/mol. The Labute approximate surface area is 167 Å². The zero-order chi connectivity index (χ0) is 21.2. The molecule has 1 fully saturated rings. The van der Waals surface area contributed by atoms with Gasteiger partial charge in [0.15, 0.2) is 0 Å². The van der Waals surface area contributed by atoms with E-state index in [1.54, 1.807) is 0 Å². The molecule has 1 unspecified atom stereocenters. The lowest BCUT2D eigenvalue weighted by atomic mass is 9.89. The van der Waals surface area contributed by atoms with Crippen LogP contribution in [-0.4, -0.2) is 70.2 Å². The Morgan fingerprint density at radius 1 is 0.893 bits per heavy atom. The van der Waals surface area contributed by atoms with Gasteiger partial charge in [0.05, 0.1) is 6.61 Å². The summed E-state index contributed by atoms with van der Waals surface area (Å²) < 4.78 is 41.5. The SMILES string of the molecule is CCCCCCCCCCCCC1(OS(=O)(=O)O)O[C@H](CO)[C@@H](O)[C@H](O)[C@H]1O. The second-order valence-corrected chi connectivity index (χ2v) is 8.54. The fraction of sp³-hybridized carbons (Fsp3) is 1.00. The molecule has 10 heteroatoms. The van der Waals surface area contributed by atoms with E-state index in [9.17, 15) is 28.8 Å². The quantitative estimate of drug-likeness (QED) is 0.203. The average molecular weight is 429 g/mol. The Hall–Kier alpha value is -0.330. The zero-order valence-electron chi connectivity index (χ0n) is 16.6. The monoisotopic (exact) mass is 428 g/mol. The molecule has 0 aromatic carbocycles. The second kappa shape index (κ2) is 12.4. The van der Waals surface area contributed by atoms with Crippen LogP contribution in [-0.2, 0) is 19.3 Å². The smallest absolute Gasteiger partial charge is 0.394 e. The van der Waals surface area contributed by atoms with E-state index in [1.165, 1.54) is 32.1 Å². The molecule has 1 saturated heterocycles. The number of hydrogen-bond donors (Lipinski definition) is 5. The molecule has 1 rings (SSSR count). The first-order valence-corrected chi connectivity index (χ1v) is 11.5. The Morgan fingerprint density at radius 2 is 1.39 bits per heavy atom. The van der Waals surface area contributed by atoms with Gasteiger partial charge in [0.25, 0.3) is 0 Å². The maximum Gasteiger partial charge on any atom is 0.400 e. The molecular weight excluding hydrogens is 392 g/mol. The van der Waals surface area contributed by atoms with Crippen molar-refractivity contribution >= 4 is 10.4 Å². The average Bonchev–Trinajstić information content (AvgIpc) is 2.63. The summed E-state index contributed by atoms with van der Waals surface area (Å²) in [5.41, 5.74) is 0. The maximum atomic E-state index is 11.3. The lowest BCUT2D eigenvalue weighted by Crippen LogP contribution is -2.66. The van der Waals surface area contributed by atoms with Gasteiger partial charge in [-0.15, -0.1) is 0 Å². The van der Waals surface area contributed by atoms with Crippen LogP contribution >= 0.6 is 0 Å². The fourth-order valence-corrected chi connectivity index (χ4v) is 4.14. The van der Waals surface area contributed by atoms with Crippen molar-refractivity contribution in [1.82, 2.24) is 0 Å². The number of rotatable bonds is 14. The molecule has 0 aromatic heterocycles. The van der Waals surface area contributed by atoms with Crippen molar-refractivity contribution in [2.45, 2.75) is 108 Å². The Bertz CT molecular complexity index is 525. The van der Waals surface area contributed by atoms with Crippen LogP contribution in [0.1, 0.15) is 77.6 Å². The second-order valence-electron chi connectivity index (χ2n) is 7.52. The summed E-state index contributed by atoms with van der Waals surface area (Å²) in [6, 6.07) is 0. The highest BCUT2D eigenvalue weighted by Gasteiger charge is 2.56. The van der Waals surface area contributed by atoms with Gasteiger partial charge >= 0.3 is 10.4 Å². The summed E-state index contributed by atoms with van der Waals surface area (Å²) in [4.78, 5) is 0. The van der Waals surface area contributed by atoms with Gasteiger partial charge < -0.3 is 25.2 Å². The molecule has 0 bridgehead atoms. The van der Waals surface area contributed by atoms with Gasteiger partial charge in [-0.2, -0.15) is 8.42 Å². The first-order chi connectivity index (χ1) is 13.2. The van der Waals surface area contributed by atoms with Crippen molar-refractivity contribution < 1.29 is 42.3 Å². The van der Waals surface area contributed by atoms with Gasteiger partial charge in [-0.05, 0) is 6.42 Å². The van der Waals surface area contributed by atoms with Crippen LogP contribution in [0.15, 0.2) is 0 Å². The minimum atomic E-state index is -5.01. The molecule has 0 radical (unpaired) electrons. The summed E-state index contributed by atoms with van der Waals surface area (Å²) in [6.45, 7) is 1.45. The van der Waals surface area contributed by atoms with Crippen molar-refractivity contribution in [1.29, 1.82) is 0 Å². The highest BCUT2D eigenvalue weighted by molar-refractivity contribution is 7.80. The third-order valence-corrected chi connectivity index (χ3v) is 5.65. The largest absolute Gasteiger partial charge is 0.400 e. The third-order valence-electron chi connectivity index (χ3n) is 5.16. The molecule has 0 aliphatic carbocycles. The normalized spacial score (nSPS) is 31.2. The molecular formula is C18H36O9S. The van der Waals surface area contributed by atoms with Crippen molar-refractivity contribution in [2.75, 3.05) is 6.61 Å². The lowest BCUT2D eigenvalue weighted by molar-refractivity contribution is -0.340. The molecule has 0 amide bonds. The van der Waals surface area contributed by atoms with E-state index in [-0.39, 0.29) is 6.42 Å². The van der Waals surface area contributed by atoms with Gasteiger partial charge in [-0.3, -0.25) is 4.55 Å². The van der Waals surface area contributed by atoms with Crippen molar-refractivity contribution in [2.24, 2.45) is 0 Å². The third kappa shape index (κ3) is 8.19. The number of hydrogen-bond acceptors (Lipinski definition) is 8. The van der Waals surface area contributed by atoms with Gasteiger partial charge in [-0.1, -0.05) is 64.7 Å². The van der Waals surface area contributed by atoms with Crippen LogP contribution in [0.3, 0.4) is 0 Å². The first kappa shape index (κ1) is 25.7. The topological polar surface area (TPSA) is 154 Å². The molecule has 5 atom stereocenters. The number of ether oxygens (including phenoxy) is 1. The molecule has 168 valence electrons. The highest BCUT2D eigenvalue weighted by atomic mass is 32.3. The molecule has 1 aliphatic heterocycles. The lowest BCUT2D eigenvalue weighted by Gasteiger charge is -2.47. The van der Waals surface area contributed by atoms with E-state index in [0.717, 1.165) is 19.3 Å². The van der Waals surface area contributed by atoms with E-state index in [2.05, 4.69) is 11.1 Å². The molecule has 0 spiro atoms. The molecule has 9 nitrogen and oxygen atoms in total. The summed E-state index contributed by atoms with van der Waals surface area (Å²) in [5, 5.41) is 39.4. The van der Waals surface area contributed by atoms with Crippen LogP contribution in [0, 0.1) is 0 Å². The molecule has 0 aromatic rings. The van der Waals surface area contributed by atoms with E-state index in [0.29, 0.717) is 12.8 Å². The fourth-order valence-electron chi connectivity index (χ4n) is 3.56. The van der Waals surface area contributed by atoms with Gasteiger partial charge in [0.2, 0.25) is 5.79 Å². The van der Waals surface area contributed by atoms with E-state index >= 15 is 0 Å². The number of unbranched alkanes of at least 4 members (excludes halogenated alkanes) is 9. The molecule has 0 saturated carbocycles. The molecule has 1 aliphatic rings. The standard InChI is InChI=1S/C18H36O9S/c1-2-3-4-5-6-7-8-9-10-11-12-18(27-28(23,24)25)17(22)16(21)15(20)14(13-19)26-18/h14-17,19-22H,2-13H2,1H3,(H,23,24,25)/t14-,15-,16+,17-,18?/m1/s1. The summed E-state index contributed by atoms with van der Waals surface area (Å²) in [5.74, 6) is -2.26. The minimum absolute atomic E-state index is 0.134. The zero-order valence-corrected chi connectivity index (χ0v) is 17.4. The Balaban J connectivity index is 2.54. The van der Waals surface area contributed by atoms with E-state index < -0.39 is 47.2 Å². The summed E-state index contributed by atoms with van der Waals surface area (Å²) in [7, 11) is -5.01. The van der Waals surface area contributed by atoms with Crippen molar-refractivity contribution in [3.8, 4) is 0 Å². The number of aliphatic hydroxyl groups is 4. The molecule has 1 heterocycles. The summed E-state index contributed by atoms with van der Waals surface area (Å²) in [6.07, 6.45) is 3.48. The van der Waals surface area contributed by atoms with E-state index in [1.807, 2.05) is 0 Å². The Morgan fingerprint density at radius 3 is 1.86 bits per heavy atom. The van der Waals surface area contributed by atoms with Crippen LogP contribution in [0.5, 0.6) is 0 Å². The van der Waals surface area contributed by atoms with E-state index in [4.69, 9.17) is 9.29 Å². The van der Waals surface area contributed by atoms with Crippen molar-refractivity contribution in [3.63, 3.8) is 0 Å². The number of aliphatic hydroxyl groups excluding tert-OH is 4. The minimum Gasteiger partial charge on any atom is -0.394 e. The van der Waals surface area contributed by atoms with Gasteiger partial charge in [0.1, 0.15) is 24.4 Å². The molecule has 28 heavy (non-hydrogen) atoms. The van der Waals surface area contributed by atoms with Crippen LogP contribution < -0.4 is 0 Å². The van der Waals surface area contributed by atoms with Crippen LogP contribution in [0.4, 0.5) is 0 Å². The van der Waals surface area contributed by atoms with Crippen LogP contribution in [0.2, 0.25) is 0 Å². The predicted octanol–water partition coefficient (Wildman–Crippen LogP) is 1.29. The first-order valence-electron chi connectivity index (χ1n) is 10.2. The maximum absolute atomic E-state index is 11.3. The Kier molecular flexibility index (Phi) is 11.4. The van der Waals surface area contributed by atoms with Gasteiger partial charge in [-0.25, -0.2) is 4.18 Å². The van der Waals surface area contributed by atoms with Gasteiger partial charge in [0, 0.05) is 6.42 Å².